The van der Waals surface area contributed by atoms with Crippen LogP contribution in [0.25, 0.3) is 10.9 Å². The minimum absolute atomic E-state index is 0.361. The standard InChI is InChI=1S/C10H8ClN2/c1-6-2-3-7-5-8(11)10(12)13-9(7)4-6/h2-5H,1H2,(H2,12,13). The Hall–Kier alpha value is -1.28. The maximum absolute atomic E-state index is 5.82. The van der Waals surface area contributed by atoms with E-state index in [4.69, 9.17) is 17.3 Å². The van der Waals surface area contributed by atoms with Gasteiger partial charge in [0.1, 0.15) is 5.82 Å². The molecule has 0 bridgehead atoms. The summed E-state index contributed by atoms with van der Waals surface area (Å²) in [4.78, 5) is 4.14. The maximum Gasteiger partial charge on any atom is 0.142 e. The summed E-state index contributed by atoms with van der Waals surface area (Å²) in [6.45, 7) is 3.81. The molecule has 2 rings (SSSR count). The Bertz CT molecular complexity index is 466. The van der Waals surface area contributed by atoms with Crippen molar-refractivity contribution < 1.29 is 0 Å². The molecule has 1 aromatic carbocycles. The van der Waals surface area contributed by atoms with Crippen LogP contribution in [0.15, 0.2) is 24.3 Å². The van der Waals surface area contributed by atoms with Crippen LogP contribution in [0.3, 0.4) is 0 Å². The fraction of sp³-hybridized carbons (Fsp3) is 0. The van der Waals surface area contributed by atoms with Crippen LogP contribution in [-0.4, -0.2) is 4.98 Å². The molecule has 0 aliphatic carbocycles. The van der Waals surface area contributed by atoms with Crippen molar-refractivity contribution >= 4 is 28.3 Å². The van der Waals surface area contributed by atoms with E-state index in [1.807, 2.05) is 18.2 Å². The molecule has 0 aliphatic heterocycles. The molecular weight excluding hydrogens is 184 g/mol. The summed E-state index contributed by atoms with van der Waals surface area (Å²) in [6.07, 6.45) is 0. The SMILES string of the molecule is [CH2]c1ccc2cc(Cl)c(N)nc2c1. The van der Waals surface area contributed by atoms with Gasteiger partial charge in [-0.15, -0.1) is 0 Å². The lowest BCUT2D eigenvalue weighted by molar-refractivity contribution is 1.41. The zero-order chi connectivity index (χ0) is 9.42. The second kappa shape index (κ2) is 2.89. The first kappa shape index (κ1) is 8.32. The summed E-state index contributed by atoms with van der Waals surface area (Å²) in [7, 11) is 0. The number of benzene rings is 1. The highest BCUT2D eigenvalue weighted by molar-refractivity contribution is 6.33. The Labute approximate surface area is 81.3 Å². The first-order chi connectivity index (χ1) is 6.16. The molecule has 3 heteroatoms. The zero-order valence-corrected chi connectivity index (χ0v) is 7.67. The topological polar surface area (TPSA) is 38.9 Å². The van der Waals surface area contributed by atoms with Crippen LogP contribution in [-0.2, 0) is 0 Å². The Morgan fingerprint density at radius 1 is 1.31 bits per heavy atom. The average molecular weight is 192 g/mol. The average Bonchev–Trinajstić information content (AvgIpc) is 2.08. The first-order valence-electron chi connectivity index (χ1n) is 3.84. The number of pyridine rings is 1. The molecule has 2 nitrogen and oxygen atoms in total. The van der Waals surface area contributed by atoms with E-state index < -0.39 is 0 Å². The quantitative estimate of drug-likeness (QED) is 0.696. The normalized spacial score (nSPS) is 10.6. The number of anilines is 1. The van der Waals surface area contributed by atoms with Crippen molar-refractivity contribution in [3.05, 3.63) is 41.8 Å². The van der Waals surface area contributed by atoms with E-state index in [2.05, 4.69) is 11.9 Å². The number of nitrogens with zero attached hydrogens (tertiary/aromatic N) is 1. The number of hydrogen-bond donors (Lipinski definition) is 1. The number of aromatic nitrogens is 1. The Balaban J connectivity index is 2.81. The first-order valence-corrected chi connectivity index (χ1v) is 4.22. The van der Waals surface area contributed by atoms with Crippen molar-refractivity contribution in [2.75, 3.05) is 5.73 Å². The number of nitrogen functional groups attached to an aromatic ring is 1. The van der Waals surface area contributed by atoms with Gasteiger partial charge in [-0.05, 0) is 24.6 Å². The molecule has 1 aromatic heterocycles. The molecule has 0 amide bonds. The van der Waals surface area contributed by atoms with E-state index in [1.165, 1.54) is 0 Å². The minimum Gasteiger partial charge on any atom is -0.382 e. The van der Waals surface area contributed by atoms with Gasteiger partial charge in [-0.25, -0.2) is 4.98 Å². The van der Waals surface area contributed by atoms with Crippen molar-refractivity contribution in [3.63, 3.8) is 0 Å². The fourth-order valence-electron chi connectivity index (χ4n) is 1.20. The lowest BCUT2D eigenvalue weighted by atomic mass is 10.1. The highest BCUT2D eigenvalue weighted by Crippen LogP contribution is 2.22. The lowest BCUT2D eigenvalue weighted by Gasteiger charge is -2.01. The molecule has 0 atom stereocenters. The third-order valence-corrected chi connectivity index (χ3v) is 2.17. The van der Waals surface area contributed by atoms with Crippen molar-refractivity contribution in [1.82, 2.24) is 4.98 Å². The lowest BCUT2D eigenvalue weighted by Crippen LogP contribution is -1.91. The van der Waals surface area contributed by atoms with Crippen LogP contribution >= 0.6 is 11.6 Å². The summed E-state index contributed by atoms with van der Waals surface area (Å²) in [5.74, 6) is 0.361. The van der Waals surface area contributed by atoms with Gasteiger partial charge in [0, 0.05) is 5.39 Å². The molecule has 1 heterocycles. The molecule has 13 heavy (non-hydrogen) atoms. The molecule has 2 aromatic rings. The third-order valence-electron chi connectivity index (χ3n) is 1.86. The molecule has 2 N–H and O–H groups in total. The predicted molar refractivity (Wildman–Crippen MR) is 55.6 cm³/mol. The van der Waals surface area contributed by atoms with Gasteiger partial charge in [-0.2, -0.15) is 0 Å². The van der Waals surface area contributed by atoms with Gasteiger partial charge in [0.2, 0.25) is 0 Å². The number of rotatable bonds is 0. The van der Waals surface area contributed by atoms with E-state index in [0.29, 0.717) is 10.8 Å². The summed E-state index contributed by atoms with van der Waals surface area (Å²) < 4.78 is 0. The van der Waals surface area contributed by atoms with E-state index in [-0.39, 0.29) is 0 Å². The molecule has 0 fully saturated rings. The van der Waals surface area contributed by atoms with Gasteiger partial charge in [-0.3, -0.25) is 0 Å². The number of halogens is 1. The fourth-order valence-corrected chi connectivity index (χ4v) is 1.36. The molecule has 0 saturated carbocycles. The summed E-state index contributed by atoms with van der Waals surface area (Å²) in [5, 5.41) is 1.47. The second-order valence-electron chi connectivity index (χ2n) is 2.88. The van der Waals surface area contributed by atoms with E-state index in [9.17, 15) is 0 Å². The predicted octanol–water partition coefficient (Wildman–Crippen LogP) is 2.65. The van der Waals surface area contributed by atoms with Crippen molar-refractivity contribution in [2.45, 2.75) is 0 Å². The van der Waals surface area contributed by atoms with E-state index in [1.54, 1.807) is 6.07 Å². The Morgan fingerprint density at radius 2 is 2.08 bits per heavy atom. The zero-order valence-electron chi connectivity index (χ0n) is 6.92. The maximum atomic E-state index is 5.82. The highest BCUT2D eigenvalue weighted by Gasteiger charge is 2.00. The van der Waals surface area contributed by atoms with Crippen molar-refractivity contribution in [2.24, 2.45) is 0 Å². The molecule has 0 aliphatic rings. The molecule has 0 saturated heterocycles. The van der Waals surface area contributed by atoms with Crippen LogP contribution in [0.1, 0.15) is 5.56 Å². The minimum atomic E-state index is 0.361. The summed E-state index contributed by atoms with van der Waals surface area (Å²) in [6, 6.07) is 7.52. The van der Waals surface area contributed by atoms with Crippen LogP contribution in [0.2, 0.25) is 5.02 Å². The van der Waals surface area contributed by atoms with E-state index >= 15 is 0 Å². The van der Waals surface area contributed by atoms with Crippen LogP contribution in [0.5, 0.6) is 0 Å². The molecule has 1 radical (unpaired) electrons. The summed E-state index contributed by atoms with van der Waals surface area (Å²) in [5.41, 5.74) is 7.32. The van der Waals surface area contributed by atoms with E-state index in [0.717, 1.165) is 16.5 Å². The number of nitrogens with two attached hydrogens (primary N) is 1. The van der Waals surface area contributed by atoms with Crippen molar-refractivity contribution in [3.8, 4) is 0 Å². The smallest absolute Gasteiger partial charge is 0.142 e. The number of hydrogen-bond acceptors (Lipinski definition) is 2. The van der Waals surface area contributed by atoms with Crippen LogP contribution in [0, 0.1) is 6.92 Å². The van der Waals surface area contributed by atoms with Gasteiger partial charge in [0.15, 0.2) is 0 Å². The number of fused-ring (bicyclic) bond motifs is 1. The third kappa shape index (κ3) is 1.45. The molecular formula is C10H8ClN2. The second-order valence-corrected chi connectivity index (χ2v) is 3.29. The monoisotopic (exact) mass is 191 g/mol. The van der Waals surface area contributed by atoms with Crippen molar-refractivity contribution in [1.29, 1.82) is 0 Å². The van der Waals surface area contributed by atoms with Crippen LogP contribution in [0.4, 0.5) is 5.82 Å². The summed E-state index contributed by atoms with van der Waals surface area (Å²) >= 11 is 5.82. The van der Waals surface area contributed by atoms with Gasteiger partial charge in [0.25, 0.3) is 0 Å². The van der Waals surface area contributed by atoms with Gasteiger partial charge in [0.05, 0.1) is 10.5 Å². The van der Waals surface area contributed by atoms with Gasteiger partial charge < -0.3 is 5.73 Å². The largest absolute Gasteiger partial charge is 0.382 e. The Kier molecular flexibility index (Phi) is 1.85. The molecule has 0 unspecified atom stereocenters. The highest BCUT2D eigenvalue weighted by atomic mass is 35.5. The van der Waals surface area contributed by atoms with Gasteiger partial charge >= 0.3 is 0 Å². The van der Waals surface area contributed by atoms with Gasteiger partial charge in [-0.1, -0.05) is 23.7 Å². The molecule has 65 valence electrons. The molecule has 0 spiro atoms. The Morgan fingerprint density at radius 3 is 2.85 bits per heavy atom. The van der Waals surface area contributed by atoms with Crippen LogP contribution < -0.4 is 5.73 Å².